The Balaban J connectivity index is 1.23. The molecule has 9 rings (SSSR count). The molecule has 0 saturated carbocycles. The first-order valence-electron chi connectivity index (χ1n) is 16.3. The standard InChI is InChI=1S/C45H30N2S/c1-3-15-32(16-4-1)43-36-20-8-12-24-40(36)46-44(47-43)33-29-27-31(28-30-33)35-19-7-9-21-37(35)45(34-17-5-2-6-18-34)38-22-10-13-25-41(38)48-42-26-14-11-23-39(42)45/h1-30H. The van der Waals surface area contributed by atoms with Gasteiger partial charge in [0.1, 0.15) is 0 Å². The van der Waals surface area contributed by atoms with Gasteiger partial charge in [0.25, 0.3) is 0 Å². The number of benzene rings is 7. The molecular formula is C45H30N2S. The largest absolute Gasteiger partial charge is 0.228 e. The lowest BCUT2D eigenvalue weighted by atomic mass is 9.63. The van der Waals surface area contributed by atoms with Gasteiger partial charge in [-0.15, -0.1) is 0 Å². The van der Waals surface area contributed by atoms with E-state index in [1.54, 1.807) is 0 Å². The summed E-state index contributed by atoms with van der Waals surface area (Å²) < 4.78 is 0. The summed E-state index contributed by atoms with van der Waals surface area (Å²) in [7, 11) is 0. The summed E-state index contributed by atoms with van der Waals surface area (Å²) in [5.74, 6) is 0.723. The summed E-state index contributed by atoms with van der Waals surface area (Å²) in [6, 6.07) is 65.1. The SMILES string of the molecule is c1ccc(-c2nc(-c3ccc(-c4ccccc4C4(c5ccccc5)c5ccccc5Sc5ccccc54)cc3)nc3ccccc23)cc1. The maximum absolute atomic E-state index is 5.12. The number of hydrogen-bond donors (Lipinski definition) is 0. The highest BCUT2D eigenvalue weighted by molar-refractivity contribution is 7.99. The Morgan fingerprint density at radius 1 is 0.396 bits per heavy atom. The number of fused-ring (bicyclic) bond motifs is 3. The normalized spacial score (nSPS) is 13.1. The minimum Gasteiger partial charge on any atom is -0.228 e. The summed E-state index contributed by atoms with van der Waals surface area (Å²) in [4.78, 5) is 12.7. The van der Waals surface area contributed by atoms with Crippen molar-refractivity contribution in [2.24, 2.45) is 0 Å². The zero-order chi connectivity index (χ0) is 31.9. The molecule has 2 heterocycles. The highest BCUT2D eigenvalue weighted by atomic mass is 32.2. The van der Waals surface area contributed by atoms with E-state index >= 15 is 0 Å². The van der Waals surface area contributed by atoms with Crippen molar-refractivity contribution in [3.05, 3.63) is 204 Å². The smallest absolute Gasteiger partial charge is 0.160 e. The van der Waals surface area contributed by atoms with Crippen molar-refractivity contribution in [2.75, 3.05) is 0 Å². The van der Waals surface area contributed by atoms with Crippen molar-refractivity contribution in [1.82, 2.24) is 9.97 Å². The summed E-state index contributed by atoms with van der Waals surface area (Å²) >= 11 is 1.86. The molecule has 1 aromatic heterocycles. The first kappa shape index (κ1) is 28.5. The zero-order valence-corrected chi connectivity index (χ0v) is 26.9. The van der Waals surface area contributed by atoms with E-state index in [1.807, 2.05) is 30.0 Å². The predicted molar refractivity (Wildman–Crippen MR) is 198 cm³/mol. The Kier molecular flexibility index (Phi) is 6.99. The molecule has 0 aliphatic carbocycles. The van der Waals surface area contributed by atoms with Crippen LogP contribution in [0.4, 0.5) is 0 Å². The van der Waals surface area contributed by atoms with Crippen LogP contribution in [0.3, 0.4) is 0 Å². The number of aromatic nitrogens is 2. The van der Waals surface area contributed by atoms with Gasteiger partial charge in [0.05, 0.1) is 16.6 Å². The van der Waals surface area contributed by atoms with Crippen LogP contribution in [-0.4, -0.2) is 9.97 Å². The number of para-hydroxylation sites is 1. The summed E-state index contributed by atoms with van der Waals surface area (Å²) in [5.41, 5.74) is 10.9. The highest BCUT2D eigenvalue weighted by Crippen LogP contribution is 2.57. The second kappa shape index (κ2) is 11.8. The van der Waals surface area contributed by atoms with Gasteiger partial charge in [0.2, 0.25) is 0 Å². The van der Waals surface area contributed by atoms with Crippen molar-refractivity contribution in [3.8, 4) is 33.8 Å². The zero-order valence-electron chi connectivity index (χ0n) is 26.1. The molecule has 0 radical (unpaired) electrons. The van der Waals surface area contributed by atoms with Crippen molar-refractivity contribution in [2.45, 2.75) is 15.2 Å². The average Bonchev–Trinajstić information content (AvgIpc) is 3.17. The molecule has 0 spiro atoms. The second-order valence-electron chi connectivity index (χ2n) is 12.1. The Hall–Kier alpha value is -5.77. The van der Waals surface area contributed by atoms with E-state index in [2.05, 4.69) is 164 Å². The Morgan fingerprint density at radius 2 is 0.938 bits per heavy atom. The van der Waals surface area contributed by atoms with Crippen molar-refractivity contribution >= 4 is 22.7 Å². The molecule has 2 nitrogen and oxygen atoms in total. The monoisotopic (exact) mass is 630 g/mol. The Labute approximate surface area is 284 Å². The van der Waals surface area contributed by atoms with Gasteiger partial charge in [-0.25, -0.2) is 9.97 Å². The van der Waals surface area contributed by atoms with E-state index in [-0.39, 0.29) is 0 Å². The van der Waals surface area contributed by atoms with Crippen LogP contribution in [0.15, 0.2) is 192 Å². The quantitative estimate of drug-likeness (QED) is 0.189. The topological polar surface area (TPSA) is 25.8 Å². The van der Waals surface area contributed by atoms with Crippen LogP contribution in [0.5, 0.6) is 0 Å². The van der Waals surface area contributed by atoms with Crippen LogP contribution in [-0.2, 0) is 5.41 Å². The number of rotatable bonds is 5. The molecule has 7 aromatic carbocycles. The molecular weight excluding hydrogens is 601 g/mol. The molecule has 8 aromatic rings. The molecule has 3 heteroatoms. The van der Waals surface area contributed by atoms with E-state index in [4.69, 9.17) is 9.97 Å². The van der Waals surface area contributed by atoms with Crippen LogP contribution < -0.4 is 0 Å². The van der Waals surface area contributed by atoms with Crippen LogP contribution in [0, 0.1) is 0 Å². The van der Waals surface area contributed by atoms with Gasteiger partial charge in [0.15, 0.2) is 5.82 Å². The molecule has 0 fully saturated rings. The molecule has 48 heavy (non-hydrogen) atoms. The van der Waals surface area contributed by atoms with Crippen molar-refractivity contribution < 1.29 is 0 Å². The minimum absolute atomic E-state index is 0.499. The first-order chi connectivity index (χ1) is 23.8. The molecule has 0 bridgehead atoms. The van der Waals surface area contributed by atoms with E-state index in [0.717, 1.165) is 39.1 Å². The fourth-order valence-electron chi connectivity index (χ4n) is 7.32. The molecule has 1 aliphatic heterocycles. The molecule has 0 atom stereocenters. The number of hydrogen-bond acceptors (Lipinski definition) is 3. The van der Waals surface area contributed by atoms with Gasteiger partial charge in [-0.1, -0.05) is 176 Å². The summed E-state index contributed by atoms with van der Waals surface area (Å²) in [5, 5.41) is 1.05. The maximum atomic E-state index is 5.12. The second-order valence-corrected chi connectivity index (χ2v) is 13.2. The first-order valence-corrected chi connectivity index (χ1v) is 17.1. The van der Waals surface area contributed by atoms with E-state index < -0.39 is 5.41 Å². The van der Waals surface area contributed by atoms with Gasteiger partial charge in [-0.2, -0.15) is 0 Å². The van der Waals surface area contributed by atoms with Crippen LogP contribution >= 0.6 is 11.8 Å². The predicted octanol–water partition coefficient (Wildman–Crippen LogP) is 11.5. The van der Waals surface area contributed by atoms with Gasteiger partial charge < -0.3 is 0 Å². The van der Waals surface area contributed by atoms with Crippen LogP contribution in [0.25, 0.3) is 44.7 Å². The third kappa shape index (κ3) is 4.58. The van der Waals surface area contributed by atoms with Crippen LogP contribution in [0.1, 0.15) is 22.3 Å². The fourth-order valence-corrected chi connectivity index (χ4v) is 8.51. The van der Waals surface area contributed by atoms with Gasteiger partial charge in [-0.3, -0.25) is 0 Å². The lowest BCUT2D eigenvalue weighted by molar-refractivity contribution is 0.704. The molecule has 0 amide bonds. The lowest BCUT2D eigenvalue weighted by Gasteiger charge is -2.42. The highest BCUT2D eigenvalue weighted by Gasteiger charge is 2.45. The maximum Gasteiger partial charge on any atom is 0.160 e. The third-order valence-electron chi connectivity index (χ3n) is 9.44. The molecule has 0 N–H and O–H groups in total. The Morgan fingerprint density at radius 3 is 1.65 bits per heavy atom. The van der Waals surface area contributed by atoms with Crippen LogP contribution in [0.2, 0.25) is 0 Å². The van der Waals surface area contributed by atoms with E-state index in [9.17, 15) is 0 Å². The number of nitrogens with zero attached hydrogens (tertiary/aromatic N) is 2. The summed E-state index contributed by atoms with van der Waals surface area (Å²) in [6.07, 6.45) is 0. The minimum atomic E-state index is -0.499. The summed E-state index contributed by atoms with van der Waals surface area (Å²) in [6.45, 7) is 0. The van der Waals surface area contributed by atoms with Gasteiger partial charge in [0, 0.05) is 26.3 Å². The third-order valence-corrected chi connectivity index (χ3v) is 10.6. The Bertz CT molecular complexity index is 2370. The lowest BCUT2D eigenvalue weighted by Crippen LogP contribution is -2.34. The molecule has 0 unspecified atom stereocenters. The molecule has 1 aliphatic rings. The van der Waals surface area contributed by atoms with E-state index in [1.165, 1.54) is 37.6 Å². The van der Waals surface area contributed by atoms with Crippen molar-refractivity contribution in [3.63, 3.8) is 0 Å². The van der Waals surface area contributed by atoms with Crippen molar-refractivity contribution in [1.29, 1.82) is 0 Å². The fraction of sp³-hybridized carbons (Fsp3) is 0.0222. The molecule has 226 valence electrons. The average molecular weight is 631 g/mol. The molecule has 0 saturated heterocycles. The van der Waals surface area contributed by atoms with Gasteiger partial charge >= 0.3 is 0 Å². The van der Waals surface area contributed by atoms with E-state index in [0.29, 0.717) is 0 Å². The van der Waals surface area contributed by atoms with Gasteiger partial charge in [-0.05, 0) is 51.6 Å².